The molecule has 0 amide bonds. The van der Waals surface area contributed by atoms with Gasteiger partial charge in [0.25, 0.3) is 0 Å². The molecule has 0 saturated carbocycles. The summed E-state index contributed by atoms with van der Waals surface area (Å²) in [5.74, 6) is -0.911. The molecule has 2 N–H and O–H groups in total. The van der Waals surface area contributed by atoms with E-state index >= 15 is 0 Å². The van der Waals surface area contributed by atoms with Gasteiger partial charge in [0.1, 0.15) is 0 Å². The zero-order valence-corrected chi connectivity index (χ0v) is 10.2. The third-order valence-electron chi connectivity index (χ3n) is 1.62. The van der Waals surface area contributed by atoms with Gasteiger partial charge in [0.05, 0.1) is 14.9 Å². The molecular weight excluding hydrogens is 292 g/mol. The average Bonchev–Trinajstić information content (AvgIpc) is 2.43. The van der Waals surface area contributed by atoms with E-state index in [9.17, 15) is 9.90 Å². The Hall–Kier alpha value is -0.100. The number of aliphatic carboxylic acids is 1. The number of carbonyl (C=O) groups is 1. The van der Waals surface area contributed by atoms with E-state index in [4.69, 9.17) is 16.7 Å². The third-order valence-corrected chi connectivity index (χ3v) is 4.20. The third kappa shape index (κ3) is 3.24. The van der Waals surface area contributed by atoms with Crippen molar-refractivity contribution in [2.24, 2.45) is 0 Å². The smallest absolute Gasteiger partial charge is 0.303 e. The van der Waals surface area contributed by atoms with E-state index in [1.54, 1.807) is 6.07 Å². The van der Waals surface area contributed by atoms with Crippen molar-refractivity contribution in [3.63, 3.8) is 0 Å². The lowest BCUT2D eigenvalue weighted by atomic mass is 10.2. The number of aliphatic hydroxyl groups excluding tert-OH is 1. The van der Waals surface area contributed by atoms with Crippen molar-refractivity contribution in [2.75, 3.05) is 0 Å². The van der Waals surface area contributed by atoms with Crippen LogP contribution >= 0.6 is 38.9 Å². The number of carboxylic acids is 1. The molecular formula is C8H8BrClO3S. The number of carboxylic acid groups (broad SMARTS) is 1. The maximum atomic E-state index is 10.3. The second-order valence-electron chi connectivity index (χ2n) is 2.72. The lowest BCUT2D eigenvalue weighted by molar-refractivity contribution is -0.137. The largest absolute Gasteiger partial charge is 0.481 e. The first-order chi connectivity index (χ1) is 6.50. The van der Waals surface area contributed by atoms with Crippen molar-refractivity contribution >= 4 is 44.8 Å². The molecule has 0 bridgehead atoms. The van der Waals surface area contributed by atoms with Gasteiger partial charge in [-0.3, -0.25) is 4.79 Å². The number of rotatable bonds is 4. The van der Waals surface area contributed by atoms with Gasteiger partial charge >= 0.3 is 5.97 Å². The molecule has 0 fully saturated rings. The Morgan fingerprint density at radius 3 is 2.79 bits per heavy atom. The van der Waals surface area contributed by atoms with Crippen LogP contribution in [0.1, 0.15) is 23.8 Å². The molecule has 0 saturated heterocycles. The molecule has 3 nitrogen and oxygen atoms in total. The van der Waals surface area contributed by atoms with Crippen LogP contribution in [-0.4, -0.2) is 16.2 Å². The van der Waals surface area contributed by atoms with Gasteiger partial charge in [-0.2, -0.15) is 0 Å². The zero-order chi connectivity index (χ0) is 10.7. The first-order valence-corrected chi connectivity index (χ1v) is 5.84. The van der Waals surface area contributed by atoms with Crippen LogP contribution in [-0.2, 0) is 4.79 Å². The molecule has 6 heteroatoms. The highest BCUT2D eigenvalue weighted by Crippen LogP contribution is 2.36. The van der Waals surface area contributed by atoms with Crippen LogP contribution in [0.2, 0.25) is 5.02 Å². The zero-order valence-electron chi connectivity index (χ0n) is 7.04. The Morgan fingerprint density at radius 1 is 1.71 bits per heavy atom. The standard InChI is InChI=1S/C8H8BrClO3S/c9-8-4(10)3-6(14-8)5(11)1-2-7(12)13/h3,5,11H,1-2H2,(H,12,13). The van der Waals surface area contributed by atoms with E-state index in [0.29, 0.717) is 9.90 Å². The number of halogens is 2. The second kappa shape index (κ2) is 5.11. The summed E-state index contributed by atoms with van der Waals surface area (Å²) in [5.41, 5.74) is 0. The van der Waals surface area contributed by atoms with Crippen LogP contribution in [0, 0.1) is 0 Å². The summed E-state index contributed by atoms with van der Waals surface area (Å²) in [7, 11) is 0. The fourth-order valence-corrected chi connectivity index (χ4v) is 2.70. The summed E-state index contributed by atoms with van der Waals surface area (Å²) in [4.78, 5) is 10.9. The summed E-state index contributed by atoms with van der Waals surface area (Å²) in [6, 6.07) is 1.64. The highest BCUT2D eigenvalue weighted by Gasteiger charge is 2.14. The lowest BCUT2D eigenvalue weighted by Gasteiger charge is -2.04. The van der Waals surface area contributed by atoms with Gasteiger partial charge < -0.3 is 10.2 Å². The van der Waals surface area contributed by atoms with Crippen molar-refractivity contribution in [3.8, 4) is 0 Å². The van der Waals surface area contributed by atoms with Crippen LogP contribution < -0.4 is 0 Å². The van der Waals surface area contributed by atoms with Crippen LogP contribution in [0.15, 0.2) is 9.85 Å². The van der Waals surface area contributed by atoms with E-state index in [0.717, 1.165) is 3.79 Å². The summed E-state index contributed by atoms with van der Waals surface area (Å²) in [6.45, 7) is 0. The van der Waals surface area contributed by atoms with Gasteiger partial charge in [0.2, 0.25) is 0 Å². The summed E-state index contributed by atoms with van der Waals surface area (Å²) in [5, 5.41) is 18.5. The fraction of sp³-hybridized carbons (Fsp3) is 0.375. The average molecular weight is 300 g/mol. The van der Waals surface area contributed by atoms with Crippen molar-refractivity contribution < 1.29 is 15.0 Å². The van der Waals surface area contributed by atoms with E-state index in [-0.39, 0.29) is 12.8 Å². The van der Waals surface area contributed by atoms with E-state index in [2.05, 4.69) is 15.9 Å². The van der Waals surface area contributed by atoms with Gasteiger partial charge in [-0.25, -0.2) is 0 Å². The minimum Gasteiger partial charge on any atom is -0.481 e. The topological polar surface area (TPSA) is 57.5 Å². The Labute approximate surface area is 98.5 Å². The van der Waals surface area contributed by atoms with Gasteiger partial charge in [0, 0.05) is 11.3 Å². The van der Waals surface area contributed by atoms with Gasteiger partial charge in [0.15, 0.2) is 0 Å². The number of hydrogen-bond acceptors (Lipinski definition) is 3. The quantitative estimate of drug-likeness (QED) is 0.898. The molecule has 1 rings (SSSR count). The maximum absolute atomic E-state index is 10.3. The second-order valence-corrected chi connectivity index (χ2v) is 5.53. The molecule has 0 aliphatic heterocycles. The van der Waals surface area contributed by atoms with E-state index in [1.807, 2.05) is 0 Å². The molecule has 0 aromatic carbocycles. The van der Waals surface area contributed by atoms with Gasteiger partial charge in [-0.15, -0.1) is 11.3 Å². The van der Waals surface area contributed by atoms with Crippen molar-refractivity contribution in [3.05, 3.63) is 19.8 Å². The summed E-state index contributed by atoms with van der Waals surface area (Å²) >= 11 is 10.3. The predicted molar refractivity (Wildman–Crippen MR) is 58.9 cm³/mol. The molecule has 1 unspecified atom stereocenters. The van der Waals surface area contributed by atoms with Crippen LogP contribution in [0.3, 0.4) is 0 Å². The molecule has 78 valence electrons. The molecule has 0 aliphatic rings. The van der Waals surface area contributed by atoms with Gasteiger partial charge in [-0.05, 0) is 28.4 Å². The predicted octanol–water partition coefficient (Wildman–Crippen LogP) is 3.06. The summed E-state index contributed by atoms with van der Waals surface area (Å²) < 4.78 is 0.753. The summed E-state index contributed by atoms with van der Waals surface area (Å²) in [6.07, 6.45) is -0.590. The molecule has 0 spiro atoms. The number of hydrogen-bond donors (Lipinski definition) is 2. The van der Waals surface area contributed by atoms with E-state index < -0.39 is 12.1 Å². The molecule has 0 aliphatic carbocycles. The Morgan fingerprint density at radius 2 is 2.36 bits per heavy atom. The van der Waals surface area contributed by atoms with Crippen molar-refractivity contribution in [1.82, 2.24) is 0 Å². The highest BCUT2D eigenvalue weighted by atomic mass is 79.9. The fourth-order valence-electron chi connectivity index (χ4n) is 0.930. The van der Waals surface area contributed by atoms with Crippen LogP contribution in [0.4, 0.5) is 0 Å². The lowest BCUT2D eigenvalue weighted by Crippen LogP contribution is -2.00. The first-order valence-electron chi connectivity index (χ1n) is 3.85. The Kier molecular flexibility index (Phi) is 4.37. The number of thiophene rings is 1. The highest BCUT2D eigenvalue weighted by molar-refractivity contribution is 9.11. The molecule has 1 heterocycles. The van der Waals surface area contributed by atoms with Crippen LogP contribution in [0.5, 0.6) is 0 Å². The normalized spacial score (nSPS) is 12.8. The van der Waals surface area contributed by atoms with Crippen LogP contribution in [0.25, 0.3) is 0 Å². The minimum absolute atomic E-state index is 0.0473. The maximum Gasteiger partial charge on any atom is 0.303 e. The Bertz CT molecular complexity index is 320. The first kappa shape index (κ1) is 12.0. The molecule has 14 heavy (non-hydrogen) atoms. The number of aliphatic hydroxyl groups is 1. The SMILES string of the molecule is O=C(O)CCC(O)c1cc(Cl)c(Br)s1. The Balaban J connectivity index is 2.60. The molecule has 0 radical (unpaired) electrons. The van der Waals surface area contributed by atoms with Crippen molar-refractivity contribution in [2.45, 2.75) is 18.9 Å². The molecule has 1 aromatic heterocycles. The molecule has 1 aromatic rings. The van der Waals surface area contributed by atoms with Crippen molar-refractivity contribution in [1.29, 1.82) is 0 Å². The monoisotopic (exact) mass is 298 g/mol. The molecule has 1 atom stereocenters. The minimum atomic E-state index is -0.911. The van der Waals surface area contributed by atoms with Gasteiger partial charge in [-0.1, -0.05) is 11.6 Å². The van der Waals surface area contributed by atoms with E-state index in [1.165, 1.54) is 11.3 Å².